The van der Waals surface area contributed by atoms with Crippen LogP contribution < -0.4 is 0 Å². The van der Waals surface area contributed by atoms with Gasteiger partial charge in [-0.15, -0.1) is 5.10 Å². The molecule has 2 aliphatic rings. The van der Waals surface area contributed by atoms with Gasteiger partial charge in [0.2, 0.25) is 5.89 Å². The van der Waals surface area contributed by atoms with Crippen LogP contribution in [0.25, 0.3) is 0 Å². The lowest BCUT2D eigenvalue weighted by molar-refractivity contribution is 0.182. The molecule has 0 aliphatic carbocycles. The van der Waals surface area contributed by atoms with E-state index >= 15 is 0 Å². The van der Waals surface area contributed by atoms with Crippen LogP contribution in [0.15, 0.2) is 4.52 Å². The predicted molar refractivity (Wildman–Crippen MR) is 91.0 cm³/mol. The lowest BCUT2D eigenvalue weighted by atomic mass is 9.93. The van der Waals surface area contributed by atoms with Gasteiger partial charge >= 0.3 is 0 Å². The lowest BCUT2D eigenvalue weighted by Gasteiger charge is -2.31. The van der Waals surface area contributed by atoms with Gasteiger partial charge in [-0.2, -0.15) is 4.98 Å². The summed E-state index contributed by atoms with van der Waals surface area (Å²) in [6.45, 7) is 6.73. The number of rotatable bonds is 5. The van der Waals surface area contributed by atoms with Crippen LogP contribution in [0.4, 0.5) is 0 Å². The molecule has 1 fully saturated rings. The van der Waals surface area contributed by atoms with Gasteiger partial charge in [-0.25, -0.2) is 4.68 Å². The molecule has 0 aromatic carbocycles. The quantitative estimate of drug-likeness (QED) is 0.819. The second-order valence-corrected chi connectivity index (χ2v) is 7.35. The molecule has 1 atom stereocenters. The molecule has 0 bridgehead atoms. The van der Waals surface area contributed by atoms with Crippen LogP contribution in [0.5, 0.6) is 0 Å². The maximum atomic E-state index is 5.61. The Hall–Kier alpha value is -1.83. The van der Waals surface area contributed by atoms with E-state index in [1.54, 1.807) is 0 Å². The summed E-state index contributed by atoms with van der Waals surface area (Å²) >= 11 is 0. The fourth-order valence-corrected chi connectivity index (χ4v) is 4.07. The van der Waals surface area contributed by atoms with Crippen LogP contribution in [-0.4, -0.2) is 54.9 Å². The number of aromatic nitrogens is 6. The van der Waals surface area contributed by atoms with Crippen molar-refractivity contribution < 1.29 is 4.52 Å². The molecule has 8 heteroatoms. The zero-order chi connectivity index (χ0) is 17.1. The van der Waals surface area contributed by atoms with E-state index in [2.05, 4.69) is 32.5 Å². The fourth-order valence-electron chi connectivity index (χ4n) is 4.07. The van der Waals surface area contributed by atoms with E-state index in [1.807, 2.05) is 4.68 Å². The maximum Gasteiger partial charge on any atom is 0.237 e. The topological polar surface area (TPSA) is 85.8 Å². The number of piperidine rings is 1. The van der Waals surface area contributed by atoms with Crippen molar-refractivity contribution in [1.29, 1.82) is 0 Å². The Labute approximate surface area is 148 Å². The Balaban J connectivity index is 1.40. The molecular weight excluding hydrogens is 318 g/mol. The Morgan fingerprint density at radius 3 is 2.84 bits per heavy atom. The van der Waals surface area contributed by atoms with Crippen LogP contribution in [0.3, 0.4) is 0 Å². The molecule has 0 amide bonds. The van der Waals surface area contributed by atoms with Gasteiger partial charge < -0.3 is 9.42 Å². The zero-order valence-corrected chi connectivity index (χ0v) is 15.0. The van der Waals surface area contributed by atoms with Gasteiger partial charge in [0.25, 0.3) is 0 Å². The Morgan fingerprint density at radius 1 is 1.12 bits per heavy atom. The number of tetrazole rings is 1. The van der Waals surface area contributed by atoms with Gasteiger partial charge in [-0.3, -0.25) is 0 Å². The minimum atomic E-state index is 0.0325. The van der Waals surface area contributed by atoms with Crippen molar-refractivity contribution >= 4 is 0 Å². The van der Waals surface area contributed by atoms with Crippen LogP contribution in [0, 0.1) is 5.92 Å². The standard InChI is InChI=1S/C17H27N7O/c1-2-8-23-10-6-13(7-11-23)12-15-18-17(25-20-15)14-5-3-4-9-24-16(14)19-21-22-24/h13-14H,2-12H2,1H3/t14-/m0/s1. The fraction of sp³-hybridized carbons (Fsp3) is 0.824. The first-order valence-electron chi connectivity index (χ1n) is 9.64. The average molecular weight is 345 g/mol. The molecule has 8 nitrogen and oxygen atoms in total. The summed E-state index contributed by atoms with van der Waals surface area (Å²) in [4.78, 5) is 7.26. The van der Waals surface area contributed by atoms with Crippen molar-refractivity contribution in [3.05, 3.63) is 17.5 Å². The Bertz CT molecular complexity index is 674. The number of hydrogen-bond donors (Lipinski definition) is 0. The number of aryl methyl sites for hydroxylation is 1. The minimum Gasteiger partial charge on any atom is -0.339 e. The summed E-state index contributed by atoms with van der Waals surface area (Å²) < 4.78 is 7.49. The van der Waals surface area contributed by atoms with Crippen molar-refractivity contribution in [1.82, 2.24) is 35.2 Å². The molecule has 0 saturated carbocycles. The van der Waals surface area contributed by atoms with E-state index in [0.29, 0.717) is 11.8 Å². The predicted octanol–water partition coefficient (Wildman–Crippen LogP) is 2.04. The van der Waals surface area contributed by atoms with E-state index in [0.717, 1.165) is 43.9 Å². The Kier molecular flexibility index (Phi) is 5.05. The molecule has 25 heavy (non-hydrogen) atoms. The Morgan fingerprint density at radius 2 is 2.00 bits per heavy atom. The number of nitrogens with zero attached hydrogens (tertiary/aromatic N) is 7. The number of likely N-dealkylation sites (tertiary alicyclic amines) is 1. The van der Waals surface area contributed by atoms with Crippen molar-refractivity contribution in [3.63, 3.8) is 0 Å². The summed E-state index contributed by atoms with van der Waals surface area (Å²) in [6, 6.07) is 0. The van der Waals surface area contributed by atoms with Crippen molar-refractivity contribution in [2.24, 2.45) is 5.92 Å². The van der Waals surface area contributed by atoms with E-state index in [9.17, 15) is 0 Å². The third-order valence-corrected chi connectivity index (χ3v) is 5.48. The molecule has 0 N–H and O–H groups in total. The van der Waals surface area contributed by atoms with Crippen LogP contribution in [0.2, 0.25) is 0 Å². The van der Waals surface area contributed by atoms with Gasteiger partial charge in [0.15, 0.2) is 11.6 Å². The summed E-state index contributed by atoms with van der Waals surface area (Å²) in [5.41, 5.74) is 0. The number of fused-ring (bicyclic) bond motifs is 1. The van der Waals surface area contributed by atoms with Gasteiger partial charge in [0, 0.05) is 13.0 Å². The maximum absolute atomic E-state index is 5.61. The summed E-state index contributed by atoms with van der Waals surface area (Å²) in [5, 5.41) is 16.3. The monoisotopic (exact) mass is 345 g/mol. The summed E-state index contributed by atoms with van der Waals surface area (Å²) in [6.07, 6.45) is 7.78. The summed E-state index contributed by atoms with van der Waals surface area (Å²) in [5.74, 6) is 3.08. The van der Waals surface area contributed by atoms with Gasteiger partial charge in [-0.1, -0.05) is 18.5 Å². The van der Waals surface area contributed by atoms with Crippen molar-refractivity contribution in [2.75, 3.05) is 19.6 Å². The first-order chi connectivity index (χ1) is 12.3. The van der Waals surface area contributed by atoms with Crippen LogP contribution in [0.1, 0.15) is 68.9 Å². The molecule has 4 heterocycles. The van der Waals surface area contributed by atoms with Gasteiger partial charge in [-0.05, 0) is 68.1 Å². The highest BCUT2D eigenvalue weighted by Crippen LogP contribution is 2.30. The molecule has 2 aromatic heterocycles. The first kappa shape index (κ1) is 16.6. The van der Waals surface area contributed by atoms with Crippen LogP contribution >= 0.6 is 0 Å². The molecule has 1 saturated heterocycles. The van der Waals surface area contributed by atoms with Gasteiger partial charge in [0.1, 0.15) is 0 Å². The van der Waals surface area contributed by atoms with Crippen LogP contribution in [-0.2, 0) is 13.0 Å². The normalized spacial score (nSPS) is 22.7. The van der Waals surface area contributed by atoms with E-state index in [4.69, 9.17) is 9.51 Å². The number of hydrogen-bond acceptors (Lipinski definition) is 7. The van der Waals surface area contributed by atoms with Crippen molar-refractivity contribution in [3.8, 4) is 0 Å². The molecule has 0 spiro atoms. The van der Waals surface area contributed by atoms with E-state index in [-0.39, 0.29) is 5.92 Å². The van der Waals surface area contributed by atoms with E-state index in [1.165, 1.54) is 38.9 Å². The molecule has 2 aliphatic heterocycles. The minimum absolute atomic E-state index is 0.0325. The highest BCUT2D eigenvalue weighted by atomic mass is 16.5. The zero-order valence-electron chi connectivity index (χ0n) is 15.0. The SMILES string of the molecule is CCCN1CCC(Cc2noc([C@H]3CCCCn4nnnc43)n2)CC1. The first-order valence-corrected chi connectivity index (χ1v) is 9.64. The third kappa shape index (κ3) is 3.73. The highest BCUT2D eigenvalue weighted by Gasteiger charge is 2.29. The smallest absolute Gasteiger partial charge is 0.237 e. The highest BCUT2D eigenvalue weighted by molar-refractivity contribution is 5.09. The molecule has 2 aromatic rings. The molecule has 4 rings (SSSR count). The lowest BCUT2D eigenvalue weighted by Crippen LogP contribution is -2.34. The third-order valence-electron chi connectivity index (χ3n) is 5.48. The summed E-state index contributed by atoms with van der Waals surface area (Å²) in [7, 11) is 0. The average Bonchev–Trinajstić information content (AvgIpc) is 3.23. The second kappa shape index (κ2) is 7.59. The molecule has 0 radical (unpaired) electrons. The molecule has 0 unspecified atom stereocenters. The van der Waals surface area contributed by atoms with E-state index < -0.39 is 0 Å². The molecular formula is C17H27N7O. The largest absolute Gasteiger partial charge is 0.339 e. The van der Waals surface area contributed by atoms with Crippen molar-refractivity contribution in [2.45, 2.75) is 64.3 Å². The van der Waals surface area contributed by atoms with Gasteiger partial charge in [0.05, 0.1) is 5.92 Å². The second-order valence-electron chi connectivity index (χ2n) is 7.35. The molecule has 136 valence electrons.